The Kier molecular flexibility index (Phi) is 6.33. The molecule has 1 heterocycles. The van der Waals surface area contributed by atoms with Crippen molar-refractivity contribution in [3.8, 4) is 11.5 Å². The third kappa shape index (κ3) is 4.11. The second-order valence-electron chi connectivity index (χ2n) is 5.55. The molecule has 1 N–H and O–H groups in total. The van der Waals surface area contributed by atoms with Crippen LogP contribution in [0.5, 0.6) is 11.5 Å². The van der Waals surface area contributed by atoms with Gasteiger partial charge in [0.2, 0.25) is 0 Å². The quantitative estimate of drug-likeness (QED) is 0.838. The lowest BCUT2D eigenvalue weighted by molar-refractivity contribution is 0.160. The molecule has 0 aliphatic carbocycles. The number of methoxy groups -OCH3 is 2. The number of benzene rings is 1. The van der Waals surface area contributed by atoms with Crippen molar-refractivity contribution in [1.29, 1.82) is 0 Å². The number of ether oxygens (including phenoxy) is 2. The van der Waals surface area contributed by atoms with E-state index in [0.29, 0.717) is 6.04 Å². The Morgan fingerprint density at radius 2 is 1.95 bits per heavy atom. The normalized spacial score (nSPS) is 17.5. The topological polar surface area (TPSA) is 33.7 Å². The summed E-state index contributed by atoms with van der Waals surface area (Å²) in [7, 11) is 3.47. The van der Waals surface area contributed by atoms with Crippen molar-refractivity contribution in [2.45, 2.75) is 32.2 Å². The van der Waals surface area contributed by atoms with E-state index in [9.17, 15) is 0 Å². The molecule has 0 radical (unpaired) electrons. The van der Waals surface area contributed by atoms with Crippen molar-refractivity contribution in [3.05, 3.63) is 23.8 Å². The number of nitrogens with zero attached hydrogens (tertiary/aromatic N) is 1. The van der Waals surface area contributed by atoms with E-state index in [2.05, 4.69) is 23.2 Å². The molecule has 4 nitrogen and oxygen atoms in total. The number of unbranched alkanes of at least 4 members (excludes halogenated alkanes) is 1. The Bertz CT molecular complexity index is 431. The fraction of sp³-hybridized carbons (Fsp3) is 0.647. The second kappa shape index (κ2) is 8.25. The Labute approximate surface area is 128 Å². The lowest BCUT2D eigenvalue weighted by Gasteiger charge is -2.36. The van der Waals surface area contributed by atoms with E-state index in [1.165, 1.54) is 24.8 Å². The first-order valence-corrected chi connectivity index (χ1v) is 7.96. The van der Waals surface area contributed by atoms with Gasteiger partial charge in [0.05, 0.1) is 14.2 Å². The fourth-order valence-electron chi connectivity index (χ4n) is 3.03. The van der Waals surface area contributed by atoms with Gasteiger partial charge in [0.1, 0.15) is 11.5 Å². The summed E-state index contributed by atoms with van der Waals surface area (Å²) < 4.78 is 11.0. The molecule has 4 heteroatoms. The molecule has 0 amide bonds. The zero-order chi connectivity index (χ0) is 15.1. The molecule has 1 unspecified atom stereocenters. The summed E-state index contributed by atoms with van der Waals surface area (Å²) in [6.07, 6.45) is 3.61. The maximum Gasteiger partial charge on any atom is 0.123 e. The van der Waals surface area contributed by atoms with Crippen LogP contribution in [0.3, 0.4) is 0 Å². The lowest BCUT2D eigenvalue weighted by Crippen LogP contribution is -2.45. The SMILES string of the molecule is CCCCC(c1cc(OC)ccc1OC)N1CCNCC1. The summed E-state index contributed by atoms with van der Waals surface area (Å²) in [4.78, 5) is 2.57. The number of rotatable bonds is 7. The summed E-state index contributed by atoms with van der Waals surface area (Å²) in [5.74, 6) is 1.87. The highest BCUT2D eigenvalue weighted by Gasteiger charge is 2.24. The molecule has 118 valence electrons. The van der Waals surface area contributed by atoms with Crippen molar-refractivity contribution in [2.24, 2.45) is 0 Å². The Morgan fingerprint density at radius 3 is 2.57 bits per heavy atom. The predicted molar refractivity (Wildman–Crippen MR) is 86.3 cm³/mol. The molecule has 0 bridgehead atoms. The van der Waals surface area contributed by atoms with Gasteiger partial charge in [-0.25, -0.2) is 0 Å². The van der Waals surface area contributed by atoms with E-state index in [1.807, 2.05) is 12.1 Å². The molecule has 0 saturated carbocycles. The van der Waals surface area contributed by atoms with Crippen LogP contribution in [0.1, 0.15) is 37.8 Å². The van der Waals surface area contributed by atoms with Gasteiger partial charge >= 0.3 is 0 Å². The zero-order valence-corrected chi connectivity index (χ0v) is 13.5. The molecule has 1 saturated heterocycles. The van der Waals surface area contributed by atoms with Gasteiger partial charge in [-0.15, -0.1) is 0 Å². The van der Waals surface area contributed by atoms with Crippen LogP contribution in [0.2, 0.25) is 0 Å². The molecular weight excluding hydrogens is 264 g/mol. The van der Waals surface area contributed by atoms with E-state index >= 15 is 0 Å². The highest BCUT2D eigenvalue weighted by Crippen LogP contribution is 2.35. The number of hydrogen-bond donors (Lipinski definition) is 1. The van der Waals surface area contributed by atoms with Crippen LogP contribution in [-0.4, -0.2) is 45.3 Å². The first-order valence-electron chi connectivity index (χ1n) is 7.96. The van der Waals surface area contributed by atoms with Crippen LogP contribution in [0.25, 0.3) is 0 Å². The van der Waals surface area contributed by atoms with E-state index in [1.54, 1.807) is 14.2 Å². The predicted octanol–water partition coefficient (Wildman–Crippen LogP) is 2.84. The van der Waals surface area contributed by atoms with Crippen LogP contribution < -0.4 is 14.8 Å². The molecule has 2 rings (SSSR count). The molecule has 1 aromatic carbocycles. The minimum absolute atomic E-state index is 0.414. The molecule has 1 aliphatic heterocycles. The third-order valence-corrected chi connectivity index (χ3v) is 4.22. The Balaban J connectivity index is 2.29. The summed E-state index contributed by atoms with van der Waals surface area (Å²) in [5.41, 5.74) is 1.26. The standard InChI is InChI=1S/C17H28N2O2/c1-4-5-6-16(19-11-9-18-10-12-19)15-13-14(20-2)7-8-17(15)21-3/h7-8,13,16,18H,4-6,9-12H2,1-3H3. The molecule has 21 heavy (non-hydrogen) atoms. The monoisotopic (exact) mass is 292 g/mol. The first kappa shape index (κ1) is 16.1. The van der Waals surface area contributed by atoms with Crippen molar-refractivity contribution >= 4 is 0 Å². The van der Waals surface area contributed by atoms with E-state index in [4.69, 9.17) is 9.47 Å². The molecular formula is C17H28N2O2. The largest absolute Gasteiger partial charge is 0.497 e. The Hall–Kier alpha value is -1.26. The van der Waals surface area contributed by atoms with Crippen LogP contribution >= 0.6 is 0 Å². The van der Waals surface area contributed by atoms with Crippen molar-refractivity contribution in [3.63, 3.8) is 0 Å². The van der Waals surface area contributed by atoms with Gasteiger partial charge in [0.15, 0.2) is 0 Å². The van der Waals surface area contributed by atoms with Crippen molar-refractivity contribution in [1.82, 2.24) is 10.2 Å². The summed E-state index contributed by atoms with van der Waals surface area (Å²) in [5, 5.41) is 3.43. The minimum Gasteiger partial charge on any atom is -0.497 e. The maximum absolute atomic E-state index is 5.60. The van der Waals surface area contributed by atoms with Gasteiger partial charge in [-0.05, 0) is 24.6 Å². The maximum atomic E-state index is 5.60. The van der Waals surface area contributed by atoms with E-state index < -0.39 is 0 Å². The fourth-order valence-corrected chi connectivity index (χ4v) is 3.03. The molecule has 1 atom stereocenters. The Morgan fingerprint density at radius 1 is 1.19 bits per heavy atom. The second-order valence-corrected chi connectivity index (χ2v) is 5.55. The number of hydrogen-bond acceptors (Lipinski definition) is 4. The average molecular weight is 292 g/mol. The van der Waals surface area contributed by atoms with Crippen LogP contribution in [0, 0.1) is 0 Å². The van der Waals surface area contributed by atoms with Crippen LogP contribution in [-0.2, 0) is 0 Å². The summed E-state index contributed by atoms with van der Waals surface area (Å²) in [6.45, 7) is 6.56. The highest BCUT2D eigenvalue weighted by molar-refractivity contribution is 5.42. The molecule has 1 fully saturated rings. The summed E-state index contributed by atoms with van der Waals surface area (Å²) in [6, 6.07) is 6.55. The van der Waals surface area contributed by atoms with Gasteiger partial charge < -0.3 is 14.8 Å². The molecule has 1 aliphatic rings. The molecule has 1 aromatic rings. The van der Waals surface area contributed by atoms with Crippen molar-refractivity contribution in [2.75, 3.05) is 40.4 Å². The number of piperazine rings is 1. The van der Waals surface area contributed by atoms with Gasteiger partial charge in [-0.1, -0.05) is 19.8 Å². The lowest BCUT2D eigenvalue weighted by atomic mass is 9.97. The van der Waals surface area contributed by atoms with Crippen LogP contribution in [0.15, 0.2) is 18.2 Å². The third-order valence-electron chi connectivity index (χ3n) is 4.22. The number of nitrogens with one attached hydrogen (secondary N) is 1. The molecule has 0 spiro atoms. The highest BCUT2D eigenvalue weighted by atomic mass is 16.5. The van der Waals surface area contributed by atoms with E-state index in [-0.39, 0.29) is 0 Å². The van der Waals surface area contributed by atoms with Crippen LogP contribution in [0.4, 0.5) is 0 Å². The van der Waals surface area contributed by atoms with Gasteiger partial charge in [-0.2, -0.15) is 0 Å². The molecule has 0 aromatic heterocycles. The van der Waals surface area contributed by atoms with Gasteiger partial charge in [-0.3, -0.25) is 4.90 Å². The van der Waals surface area contributed by atoms with Gasteiger partial charge in [0, 0.05) is 37.8 Å². The van der Waals surface area contributed by atoms with Gasteiger partial charge in [0.25, 0.3) is 0 Å². The first-order chi connectivity index (χ1) is 10.3. The zero-order valence-electron chi connectivity index (χ0n) is 13.5. The summed E-state index contributed by atoms with van der Waals surface area (Å²) >= 11 is 0. The van der Waals surface area contributed by atoms with Crippen molar-refractivity contribution < 1.29 is 9.47 Å². The smallest absolute Gasteiger partial charge is 0.123 e. The average Bonchev–Trinajstić information content (AvgIpc) is 2.56. The van der Waals surface area contributed by atoms with E-state index in [0.717, 1.165) is 37.7 Å². The minimum atomic E-state index is 0.414.